The molecule has 0 aliphatic carbocycles. The van der Waals surface area contributed by atoms with E-state index < -0.39 is 5.97 Å². The maximum atomic E-state index is 12.1. The molecule has 0 rings (SSSR count). The minimum atomic E-state index is -0.688. The number of carboxylic acid groups (broad SMARTS) is 1. The quantitative estimate of drug-likeness (QED) is 0.311. The van der Waals surface area contributed by atoms with Crippen LogP contribution in [-0.2, 0) is 14.3 Å². The predicted octanol–water partition coefficient (Wildman–Crippen LogP) is 5.59. The Bertz CT molecular complexity index is 337. The Labute approximate surface area is 148 Å². The summed E-state index contributed by atoms with van der Waals surface area (Å²) in [7, 11) is 0. The number of rotatable bonds is 15. The Morgan fingerprint density at radius 1 is 0.792 bits per heavy atom. The predicted molar refractivity (Wildman–Crippen MR) is 98.0 cm³/mol. The minimum absolute atomic E-state index is 0.0293. The average Bonchev–Trinajstić information content (AvgIpc) is 2.46. The monoisotopic (exact) mass is 342 g/mol. The van der Waals surface area contributed by atoms with Gasteiger partial charge in [0, 0.05) is 6.42 Å². The third-order valence-corrected chi connectivity index (χ3v) is 4.37. The van der Waals surface area contributed by atoms with E-state index in [2.05, 4.69) is 13.8 Å². The van der Waals surface area contributed by atoms with Crippen LogP contribution in [0.15, 0.2) is 0 Å². The summed E-state index contributed by atoms with van der Waals surface area (Å²) in [4.78, 5) is 22.5. The van der Waals surface area contributed by atoms with Crippen molar-refractivity contribution >= 4 is 11.9 Å². The van der Waals surface area contributed by atoms with E-state index in [1.165, 1.54) is 32.1 Å². The molecule has 0 fully saturated rings. The first kappa shape index (κ1) is 22.9. The van der Waals surface area contributed by atoms with Crippen LogP contribution in [0.2, 0.25) is 0 Å². The molecule has 1 unspecified atom stereocenters. The molecule has 0 radical (unpaired) electrons. The zero-order valence-electron chi connectivity index (χ0n) is 16.2. The number of ether oxygens (including phenoxy) is 1. The van der Waals surface area contributed by atoms with Crippen LogP contribution in [-0.4, -0.2) is 23.1 Å². The summed E-state index contributed by atoms with van der Waals surface area (Å²) in [5.74, 6) is -0.364. The molecule has 1 N–H and O–H groups in total. The molecular weight excluding hydrogens is 304 g/mol. The van der Waals surface area contributed by atoms with E-state index in [4.69, 9.17) is 9.84 Å². The van der Waals surface area contributed by atoms with E-state index in [1.54, 1.807) is 0 Å². The number of hydrogen-bond acceptors (Lipinski definition) is 3. The van der Waals surface area contributed by atoms with Crippen molar-refractivity contribution in [3.63, 3.8) is 0 Å². The third-order valence-electron chi connectivity index (χ3n) is 4.37. The lowest BCUT2D eigenvalue weighted by Gasteiger charge is -2.20. The molecule has 4 heteroatoms. The molecule has 0 aromatic carbocycles. The van der Waals surface area contributed by atoms with Gasteiger partial charge < -0.3 is 9.84 Å². The highest BCUT2D eigenvalue weighted by Crippen LogP contribution is 2.22. The zero-order valence-corrected chi connectivity index (χ0v) is 16.2. The third kappa shape index (κ3) is 13.4. The molecule has 24 heavy (non-hydrogen) atoms. The van der Waals surface area contributed by atoms with Crippen molar-refractivity contribution in [3.05, 3.63) is 0 Å². The summed E-state index contributed by atoms with van der Waals surface area (Å²) in [5.41, 5.74) is 0. The average molecular weight is 343 g/mol. The van der Waals surface area contributed by atoms with Gasteiger partial charge in [-0.25, -0.2) is 0 Å². The minimum Gasteiger partial charge on any atom is -0.481 e. The van der Waals surface area contributed by atoms with Crippen LogP contribution < -0.4 is 0 Å². The number of aliphatic carboxylic acids is 1. The highest BCUT2D eigenvalue weighted by atomic mass is 16.5. The summed E-state index contributed by atoms with van der Waals surface area (Å²) in [6.45, 7) is 7.99. The highest BCUT2D eigenvalue weighted by Gasteiger charge is 2.23. The van der Waals surface area contributed by atoms with Crippen molar-refractivity contribution in [2.24, 2.45) is 11.8 Å². The van der Waals surface area contributed by atoms with Gasteiger partial charge in [-0.15, -0.1) is 0 Å². The molecule has 0 saturated heterocycles. The van der Waals surface area contributed by atoms with Crippen molar-refractivity contribution in [3.8, 4) is 0 Å². The Morgan fingerprint density at radius 2 is 1.25 bits per heavy atom. The Morgan fingerprint density at radius 3 is 1.67 bits per heavy atom. The van der Waals surface area contributed by atoms with Gasteiger partial charge in [-0.3, -0.25) is 9.59 Å². The molecule has 0 bridgehead atoms. The number of unbranched alkanes of at least 4 members (excludes halogenated alkanes) is 8. The van der Waals surface area contributed by atoms with Crippen LogP contribution in [0.5, 0.6) is 0 Å². The first-order valence-corrected chi connectivity index (χ1v) is 9.76. The number of carboxylic acids is 1. The van der Waals surface area contributed by atoms with Gasteiger partial charge in [-0.05, 0) is 32.6 Å². The summed E-state index contributed by atoms with van der Waals surface area (Å²) in [5, 5.41) is 8.56. The molecule has 142 valence electrons. The molecule has 0 saturated carbocycles. The lowest BCUT2D eigenvalue weighted by Crippen LogP contribution is -2.25. The number of esters is 1. The molecule has 0 aliphatic heterocycles. The van der Waals surface area contributed by atoms with Gasteiger partial charge in [0.25, 0.3) is 0 Å². The van der Waals surface area contributed by atoms with Gasteiger partial charge >= 0.3 is 11.9 Å². The lowest BCUT2D eigenvalue weighted by molar-refractivity contribution is -0.154. The van der Waals surface area contributed by atoms with E-state index in [0.717, 1.165) is 32.1 Å². The van der Waals surface area contributed by atoms with Gasteiger partial charge in [-0.2, -0.15) is 0 Å². The molecule has 4 nitrogen and oxygen atoms in total. The largest absolute Gasteiger partial charge is 0.481 e. The summed E-state index contributed by atoms with van der Waals surface area (Å²) < 4.78 is 5.36. The number of carbonyl (C=O) groups excluding carboxylic acids is 1. The maximum absolute atomic E-state index is 12.1. The van der Waals surface area contributed by atoms with Crippen LogP contribution in [0, 0.1) is 11.8 Å². The van der Waals surface area contributed by atoms with Gasteiger partial charge in [0.15, 0.2) is 0 Å². The van der Waals surface area contributed by atoms with Gasteiger partial charge in [0.1, 0.15) is 0 Å². The van der Waals surface area contributed by atoms with Gasteiger partial charge in [0.05, 0.1) is 12.0 Å². The van der Waals surface area contributed by atoms with Crippen LogP contribution in [0.4, 0.5) is 0 Å². The topological polar surface area (TPSA) is 63.6 Å². The van der Waals surface area contributed by atoms with Crippen molar-refractivity contribution in [1.29, 1.82) is 0 Å². The standard InChI is InChI=1S/C20H38O4/c1-16(2)18(20(23)24-17(3)4)14-12-10-8-6-5-7-9-11-13-15-19(21)22/h16-18H,5-15H2,1-4H3,(H,21,22). The Kier molecular flexibility index (Phi) is 13.7. The second-order valence-corrected chi connectivity index (χ2v) is 7.45. The zero-order chi connectivity index (χ0) is 18.4. The fraction of sp³-hybridized carbons (Fsp3) is 0.900. The van der Waals surface area contributed by atoms with Crippen molar-refractivity contribution in [2.45, 2.75) is 104 Å². The molecule has 0 aliphatic rings. The summed E-state index contributed by atoms with van der Waals surface area (Å²) in [6, 6.07) is 0. The first-order chi connectivity index (χ1) is 11.3. The fourth-order valence-corrected chi connectivity index (χ4v) is 2.92. The van der Waals surface area contributed by atoms with Crippen molar-refractivity contribution < 1.29 is 19.4 Å². The van der Waals surface area contributed by atoms with Crippen molar-refractivity contribution in [1.82, 2.24) is 0 Å². The first-order valence-electron chi connectivity index (χ1n) is 9.76. The molecule has 0 aromatic rings. The SMILES string of the molecule is CC(C)OC(=O)C(CCCCCCCCCCCC(=O)O)C(C)C. The summed E-state index contributed by atoms with van der Waals surface area (Å²) in [6.07, 6.45) is 11.3. The number of carbonyl (C=O) groups is 2. The maximum Gasteiger partial charge on any atom is 0.309 e. The van der Waals surface area contributed by atoms with Crippen LogP contribution in [0.25, 0.3) is 0 Å². The molecule has 0 heterocycles. The van der Waals surface area contributed by atoms with E-state index in [-0.39, 0.29) is 18.0 Å². The van der Waals surface area contributed by atoms with E-state index >= 15 is 0 Å². The van der Waals surface area contributed by atoms with Crippen molar-refractivity contribution in [2.75, 3.05) is 0 Å². The van der Waals surface area contributed by atoms with Crippen LogP contribution in [0.1, 0.15) is 98.3 Å². The second kappa shape index (κ2) is 14.3. The lowest BCUT2D eigenvalue weighted by atomic mass is 9.90. The number of hydrogen-bond donors (Lipinski definition) is 1. The van der Waals surface area contributed by atoms with E-state index in [9.17, 15) is 9.59 Å². The molecule has 0 spiro atoms. The van der Waals surface area contributed by atoms with Gasteiger partial charge in [0.2, 0.25) is 0 Å². The van der Waals surface area contributed by atoms with Crippen LogP contribution >= 0.6 is 0 Å². The van der Waals surface area contributed by atoms with E-state index in [1.807, 2.05) is 13.8 Å². The normalized spacial score (nSPS) is 12.6. The Balaban J connectivity index is 3.59. The van der Waals surface area contributed by atoms with Crippen LogP contribution in [0.3, 0.4) is 0 Å². The smallest absolute Gasteiger partial charge is 0.309 e. The van der Waals surface area contributed by atoms with E-state index in [0.29, 0.717) is 12.3 Å². The molecule has 0 aromatic heterocycles. The Hall–Kier alpha value is -1.06. The molecule has 0 amide bonds. The second-order valence-electron chi connectivity index (χ2n) is 7.45. The highest BCUT2D eigenvalue weighted by molar-refractivity contribution is 5.72. The fourth-order valence-electron chi connectivity index (χ4n) is 2.92. The van der Waals surface area contributed by atoms with Gasteiger partial charge in [-0.1, -0.05) is 65.2 Å². The summed E-state index contributed by atoms with van der Waals surface area (Å²) >= 11 is 0. The molecule has 1 atom stereocenters. The molecular formula is C20H38O4.